The van der Waals surface area contributed by atoms with Crippen molar-refractivity contribution in [1.29, 1.82) is 0 Å². The van der Waals surface area contributed by atoms with Crippen molar-refractivity contribution in [2.45, 2.75) is 12.8 Å². The van der Waals surface area contributed by atoms with Gasteiger partial charge in [-0.15, -0.1) is 0 Å². The Morgan fingerprint density at radius 2 is 2.00 bits per heavy atom. The minimum atomic E-state index is -1.13. The molecule has 3 N–H and O–H groups in total. The van der Waals surface area contributed by atoms with Crippen LogP contribution in [-0.4, -0.2) is 44.5 Å². The van der Waals surface area contributed by atoms with Crippen molar-refractivity contribution in [3.05, 3.63) is 23.8 Å². The number of rotatable bonds is 8. The van der Waals surface area contributed by atoms with E-state index in [1.165, 1.54) is 19.2 Å². The number of nitrogens with one attached hydrogen (secondary N) is 2. The van der Waals surface area contributed by atoms with Gasteiger partial charge in [0.2, 0.25) is 0 Å². The average Bonchev–Trinajstić information content (AvgIpc) is 2.47. The maximum Gasteiger partial charge on any atom is 0.337 e. The van der Waals surface area contributed by atoms with Gasteiger partial charge in [0, 0.05) is 20.3 Å². The lowest BCUT2D eigenvalue weighted by molar-refractivity contribution is 0.0697. The molecule has 0 aliphatic heterocycles. The van der Waals surface area contributed by atoms with E-state index in [4.69, 9.17) is 14.6 Å². The molecule has 0 atom stereocenters. The number of hydrogen-bond donors (Lipinski definition) is 3. The number of anilines is 1. The smallest absolute Gasteiger partial charge is 0.337 e. The molecule has 1 aromatic rings. The Hall–Kier alpha value is -2.28. The molecule has 0 bridgehead atoms. The second kappa shape index (κ2) is 8.80. The molecule has 1 aromatic carbocycles. The summed E-state index contributed by atoms with van der Waals surface area (Å²) in [5.41, 5.74) is 0.196. The number of urea groups is 1. The predicted molar refractivity (Wildman–Crippen MR) is 78.1 cm³/mol. The molecule has 21 heavy (non-hydrogen) atoms. The number of carboxylic acids is 1. The SMILES string of the molecule is COCCCCNC(=O)Nc1ccc(OC)cc1C(=O)O. The van der Waals surface area contributed by atoms with Crippen LogP contribution in [0, 0.1) is 0 Å². The maximum atomic E-state index is 11.7. The number of ether oxygens (including phenoxy) is 2. The molecule has 2 amide bonds. The topological polar surface area (TPSA) is 96.9 Å². The summed E-state index contributed by atoms with van der Waals surface area (Å²) < 4.78 is 9.87. The van der Waals surface area contributed by atoms with E-state index in [1.807, 2.05) is 0 Å². The highest BCUT2D eigenvalue weighted by atomic mass is 16.5. The zero-order valence-corrected chi connectivity index (χ0v) is 12.1. The third-order valence-electron chi connectivity index (χ3n) is 2.77. The Balaban J connectivity index is 2.57. The Kier molecular flexibility index (Phi) is 7.03. The van der Waals surface area contributed by atoms with Crippen molar-refractivity contribution in [3.8, 4) is 5.75 Å². The van der Waals surface area contributed by atoms with Crippen molar-refractivity contribution < 1.29 is 24.2 Å². The van der Waals surface area contributed by atoms with Crippen molar-refractivity contribution in [2.75, 3.05) is 32.7 Å². The summed E-state index contributed by atoms with van der Waals surface area (Å²) in [7, 11) is 3.07. The van der Waals surface area contributed by atoms with Gasteiger partial charge in [0.1, 0.15) is 5.75 Å². The first-order valence-corrected chi connectivity index (χ1v) is 6.53. The molecule has 116 valence electrons. The van der Waals surface area contributed by atoms with Crippen molar-refractivity contribution in [3.63, 3.8) is 0 Å². The highest BCUT2D eigenvalue weighted by Crippen LogP contribution is 2.22. The van der Waals surface area contributed by atoms with Gasteiger partial charge in [-0.3, -0.25) is 0 Å². The number of carboxylic acid groups (broad SMARTS) is 1. The van der Waals surface area contributed by atoms with Gasteiger partial charge in [0.25, 0.3) is 0 Å². The van der Waals surface area contributed by atoms with Crippen molar-refractivity contribution >= 4 is 17.7 Å². The second-order valence-electron chi connectivity index (χ2n) is 4.30. The molecule has 0 radical (unpaired) electrons. The minimum Gasteiger partial charge on any atom is -0.497 e. The van der Waals surface area contributed by atoms with Crippen LogP contribution in [0.3, 0.4) is 0 Å². The Morgan fingerprint density at radius 1 is 1.24 bits per heavy atom. The molecule has 0 saturated carbocycles. The van der Waals surface area contributed by atoms with E-state index in [2.05, 4.69) is 10.6 Å². The van der Waals surface area contributed by atoms with Crippen LogP contribution in [0.5, 0.6) is 5.75 Å². The monoisotopic (exact) mass is 296 g/mol. The third-order valence-corrected chi connectivity index (χ3v) is 2.77. The predicted octanol–water partition coefficient (Wildman–Crippen LogP) is 1.94. The largest absolute Gasteiger partial charge is 0.497 e. The first kappa shape index (κ1) is 16.8. The van der Waals surface area contributed by atoms with Gasteiger partial charge in [-0.25, -0.2) is 9.59 Å². The maximum absolute atomic E-state index is 11.7. The Labute approximate surface area is 123 Å². The van der Waals surface area contributed by atoms with Crippen LogP contribution in [0.15, 0.2) is 18.2 Å². The molecule has 1 rings (SSSR count). The van der Waals surface area contributed by atoms with Crippen molar-refractivity contribution in [1.82, 2.24) is 5.32 Å². The van der Waals surface area contributed by atoms with Crippen LogP contribution in [-0.2, 0) is 4.74 Å². The molecular formula is C14H20N2O5. The summed E-state index contributed by atoms with van der Waals surface area (Å²) in [6.45, 7) is 1.14. The van der Waals surface area contributed by atoms with E-state index >= 15 is 0 Å². The Bertz CT molecular complexity index is 490. The van der Waals surface area contributed by atoms with Gasteiger partial charge in [0.05, 0.1) is 18.4 Å². The van der Waals surface area contributed by atoms with Gasteiger partial charge in [-0.2, -0.15) is 0 Å². The minimum absolute atomic E-state index is 0.0242. The first-order chi connectivity index (χ1) is 10.1. The third kappa shape index (κ3) is 5.70. The summed E-state index contributed by atoms with van der Waals surface area (Å²) in [6.07, 6.45) is 1.63. The molecule has 7 heteroatoms. The quantitative estimate of drug-likeness (QED) is 0.637. The molecule has 0 unspecified atom stereocenters. The van der Waals surface area contributed by atoms with Crippen LogP contribution >= 0.6 is 0 Å². The summed E-state index contributed by atoms with van der Waals surface area (Å²) >= 11 is 0. The van der Waals surface area contributed by atoms with E-state index in [-0.39, 0.29) is 11.3 Å². The van der Waals surface area contributed by atoms with Gasteiger partial charge < -0.3 is 25.2 Å². The number of methoxy groups -OCH3 is 2. The molecule has 0 saturated heterocycles. The number of carbonyl (C=O) groups is 2. The zero-order valence-electron chi connectivity index (χ0n) is 12.1. The zero-order chi connectivity index (χ0) is 15.7. The van der Waals surface area contributed by atoms with E-state index in [1.54, 1.807) is 13.2 Å². The lowest BCUT2D eigenvalue weighted by Gasteiger charge is -2.11. The molecular weight excluding hydrogens is 276 g/mol. The van der Waals surface area contributed by atoms with E-state index < -0.39 is 12.0 Å². The van der Waals surface area contributed by atoms with E-state index in [9.17, 15) is 9.59 Å². The summed E-state index contributed by atoms with van der Waals surface area (Å²) in [5, 5.41) is 14.3. The number of carbonyl (C=O) groups excluding carboxylic acids is 1. The number of aromatic carboxylic acids is 1. The van der Waals surface area contributed by atoms with Crippen molar-refractivity contribution in [2.24, 2.45) is 0 Å². The fraction of sp³-hybridized carbons (Fsp3) is 0.429. The standard InChI is InChI=1S/C14H20N2O5/c1-20-8-4-3-7-15-14(19)16-12-6-5-10(21-2)9-11(12)13(17)18/h5-6,9H,3-4,7-8H2,1-2H3,(H,17,18)(H2,15,16,19). The highest BCUT2D eigenvalue weighted by Gasteiger charge is 2.13. The van der Waals surface area contributed by atoms with Gasteiger partial charge >= 0.3 is 12.0 Å². The summed E-state index contributed by atoms with van der Waals surface area (Å²) in [6, 6.07) is 3.99. The molecule has 0 heterocycles. The van der Waals surface area contributed by atoms with Crippen LogP contribution in [0.25, 0.3) is 0 Å². The number of amides is 2. The molecule has 0 aromatic heterocycles. The number of benzene rings is 1. The normalized spacial score (nSPS) is 10.0. The van der Waals surface area contributed by atoms with Gasteiger partial charge in [0.15, 0.2) is 0 Å². The summed E-state index contributed by atoms with van der Waals surface area (Å²) in [5.74, 6) is -0.720. The van der Waals surface area contributed by atoms with Gasteiger partial charge in [-0.05, 0) is 31.0 Å². The molecule has 0 aliphatic carbocycles. The van der Waals surface area contributed by atoms with Crippen LogP contribution in [0.4, 0.5) is 10.5 Å². The van der Waals surface area contributed by atoms with Gasteiger partial charge in [-0.1, -0.05) is 0 Å². The van der Waals surface area contributed by atoms with E-state index in [0.717, 1.165) is 12.8 Å². The summed E-state index contributed by atoms with van der Waals surface area (Å²) in [4.78, 5) is 22.9. The van der Waals surface area contributed by atoms with Crippen LogP contribution in [0.1, 0.15) is 23.2 Å². The number of unbranched alkanes of at least 4 members (excludes halogenated alkanes) is 1. The molecule has 0 spiro atoms. The lowest BCUT2D eigenvalue weighted by atomic mass is 10.1. The van der Waals surface area contributed by atoms with Crippen LogP contribution < -0.4 is 15.4 Å². The van der Waals surface area contributed by atoms with Crippen LogP contribution in [0.2, 0.25) is 0 Å². The fourth-order valence-corrected chi connectivity index (χ4v) is 1.68. The first-order valence-electron chi connectivity index (χ1n) is 6.53. The Morgan fingerprint density at radius 3 is 2.62 bits per heavy atom. The van der Waals surface area contributed by atoms with E-state index in [0.29, 0.717) is 18.9 Å². The molecule has 7 nitrogen and oxygen atoms in total. The second-order valence-corrected chi connectivity index (χ2v) is 4.30. The number of hydrogen-bond acceptors (Lipinski definition) is 4. The highest BCUT2D eigenvalue weighted by molar-refractivity contribution is 6.00. The lowest BCUT2D eigenvalue weighted by Crippen LogP contribution is -2.30. The molecule has 0 fully saturated rings. The molecule has 0 aliphatic rings. The fourth-order valence-electron chi connectivity index (χ4n) is 1.68. The average molecular weight is 296 g/mol.